The molecule has 3 heterocycles. The Hall–Kier alpha value is -1.47. The second-order valence-corrected chi connectivity index (χ2v) is 25.7. The van der Waals surface area contributed by atoms with E-state index in [9.17, 15) is 61.0 Å². The summed E-state index contributed by atoms with van der Waals surface area (Å²) in [5.74, 6) is -0.269. The lowest BCUT2D eigenvalue weighted by molar-refractivity contribution is -0.379. The Labute approximate surface area is 525 Å². The van der Waals surface area contributed by atoms with Gasteiger partial charge in [0.2, 0.25) is 5.91 Å². The number of aliphatic hydroxyl groups excluding tert-OH is 11. The van der Waals surface area contributed by atoms with E-state index in [0.29, 0.717) is 6.42 Å². The van der Waals surface area contributed by atoms with Crippen molar-refractivity contribution < 1.29 is 89.4 Å². The van der Waals surface area contributed by atoms with E-state index in [1.165, 1.54) is 212 Å². The van der Waals surface area contributed by atoms with Gasteiger partial charge in [-0.15, -0.1) is 0 Å². The Morgan fingerprint density at radius 1 is 0.402 bits per heavy atom. The van der Waals surface area contributed by atoms with Crippen LogP contribution in [0.4, 0.5) is 0 Å². The first-order chi connectivity index (χ1) is 42.3. The molecule has 19 nitrogen and oxygen atoms in total. The van der Waals surface area contributed by atoms with Crippen LogP contribution in [0.3, 0.4) is 0 Å². The normalized spacial score (nSPS) is 28.6. The van der Waals surface area contributed by atoms with Gasteiger partial charge in [-0.3, -0.25) is 4.79 Å². The molecule has 12 N–H and O–H groups in total. The molecule has 0 bridgehead atoms. The van der Waals surface area contributed by atoms with E-state index >= 15 is 0 Å². The summed E-state index contributed by atoms with van der Waals surface area (Å²) in [4.78, 5) is 13.4. The maximum absolute atomic E-state index is 13.4. The van der Waals surface area contributed by atoms with Crippen molar-refractivity contribution in [1.29, 1.82) is 0 Å². The SMILES string of the molecule is CCCCCCCCCCCCCCCCCCCCCC/C=C/C(O)C(COC1OC(CO)C(OC2OC(CO)C(OC3OC(CO)C(O)C(O)C3O)C(O)C2O)C(O)C1O)NC(=O)CCCCCCCCCCCCCCCCCCCCCC. The van der Waals surface area contributed by atoms with Gasteiger partial charge in [-0.1, -0.05) is 270 Å². The summed E-state index contributed by atoms with van der Waals surface area (Å²) in [6.45, 7) is 1.78. The van der Waals surface area contributed by atoms with E-state index in [2.05, 4.69) is 19.2 Å². The van der Waals surface area contributed by atoms with Crippen molar-refractivity contribution in [2.75, 3.05) is 26.4 Å². The number of aliphatic hydroxyl groups is 11. The molecule has 514 valence electrons. The van der Waals surface area contributed by atoms with Gasteiger partial charge in [0.05, 0.1) is 38.6 Å². The molecule has 3 aliphatic heterocycles. The van der Waals surface area contributed by atoms with Crippen LogP contribution in [-0.4, -0.2) is 193 Å². The Balaban J connectivity index is 1.44. The number of hydrogen-bond acceptors (Lipinski definition) is 18. The monoisotopic (exact) mass is 1250 g/mol. The first-order valence-electron chi connectivity index (χ1n) is 35.4. The third-order valence-electron chi connectivity index (χ3n) is 18.1. The zero-order valence-electron chi connectivity index (χ0n) is 54.3. The number of unbranched alkanes of at least 4 members (excludes halogenated alkanes) is 39. The summed E-state index contributed by atoms with van der Waals surface area (Å²) in [7, 11) is 0. The largest absolute Gasteiger partial charge is 0.394 e. The predicted molar refractivity (Wildman–Crippen MR) is 337 cm³/mol. The number of carbonyl (C=O) groups excluding carboxylic acids is 1. The van der Waals surface area contributed by atoms with Crippen molar-refractivity contribution in [3.63, 3.8) is 0 Å². The molecule has 3 rings (SSSR count). The minimum absolute atomic E-state index is 0.250. The van der Waals surface area contributed by atoms with Crippen LogP contribution in [0.15, 0.2) is 12.2 Å². The Kier molecular flexibility index (Phi) is 46.8. The van der Waals surface area contributed by atoms with Crippen LogP contribution >= 0.6 is 0 Å². The molecule has 0 aromatic heterocycles. The maximum atomic E-state index is 13.4. The molecular formula is C68H129NO18. The van der Waals surface area contributed by atoms with E-state index in [1.54, 1.807) is 6.08 Å². The number of amides is 1. The summed E-state index contributed by atoms with van der Waals surface area (Å²) >= 11 is 0. The van der Waals surface area contributed by atoms with Gasteiger partial charge in [0.15, 0.2) is 18.9 Å². The minimum Gasteiger partial charge on any atom is -0.394 e. The average Bonchev–Trinajstić information content (AvgIpc) is 2.87. The van der Waals surface area contributed by atoms with Crippen LogP contribution in [-0.2, 0) is 33.2 Å². The summed E-state index contributed by atoms with van der Waals surface area (Å²) in [6.07, 6.45) is 29.0. The molecule has 1 amide bonds. The van der Waals surface area contributed by atoms with Gasteiger partial charge in [-0.2, -0.15) is 0 Å². The number of carbonyl (C=O) groups is 1. The van der Waals surface area contributed by atoms with Gasteiger partial charge in [0, 0.05) is 6.42 Å². The fraction of sp³-hybridized carbons (Fsp3) is 0.956. The van der Waals surface area contributed by atoms with E-state index in [1.807, 2.05) is 6.08 Å². The number of hydrogen-bond donors (Lipinski definition) is 12. The topological polar surface area (TPSA) is 307 Å². The number of allylic oxidation sites excluding steroid dienone is 1. The quantitative estimate of drug-likeness (QED) is 0.0199. The van der Waals surface area contributed by atoms with E-state index in [-0.39, 0.29) is 18.9 Å². The smallest absolute Gasteiger partial charge is 0.220 e. The summed E-state index contributed by atoms with van der Waals surface area (Å²) in [5, 5.41) is 121. The molecular weight excluding hydrogens is 1120 g/mol. The van der Waals surface area contributed by atoms with Gasteiger partial charge < -0.3 is 89.9 Å². The number of ether oxygens (including phenoxy) is 6. The van der Waals surface area contributed by atoms with Crippen LogP contribution in [0.25, 0.3) is 0 Å². The van der Waals surface area contributed by atoms with Gasteiger partial charge >= 0.3 is 0 Å². The third kappa shape index (κ3) is 33.3. The minimum atomic E-state index is -1.98. The van der Waals surface area contributed by atoms with Crippen molar-refractivity contribution in [2.24, 2.45) is 0 Å². The lowest BCUT2D eigenvalue weighted by atomic mass is 9.96. The van der Waals surface area contributed by atoms with E-state index < -0.39 is 124 Å². The number of rotatable bonds is 55. The fourth-order valence-electron chi connectivity index (χ4n) is 12.3. The Morgan fingerprint density at radius 3 is 1.08 bits per heavy atom. The van der Waals surface area contributed by atoms with Crippen molar-refractivity contribution in [3.05, 3.63) is 12.2 Å². The first kappa shape index (κ1) is 79.8. The Bertz CT molecular complexity index is 1630. The molecule has 17 atom stereocenters. The van der Waals surface area contributed by atoms with E-state index in [0.717, 1.165) is 44.9 Å². The molecule has 0 aliphatic carbocycles. The van der Waals surface area contributed by atoms with Crippen molar-refractivity contribution in [3.8, 4) is 0 Å². The predicted octanol–water partition coefficient (Wildman–Crippen LogP) is 9.28. The Morgan fingerprint density at radius 2 is 0.713 bits per heavy atom. The molecule has 3 saturated heterocycles. The van der Waals surface area contributed by atoms with Crippen molar-refractivity contribution in [1.82, 2.24) is 5.32 Å². The molecule has 87 heavy (non-hydrogen) atoms. The van der Waals surface area contributed by atoms with Gasteiger partial charge in [0.25, 0.3) is 0 Å². The molecule has 0 aromatic carbocycles. The standard InChI is InChI=1S/C68H129NO18/c1-3-5-7-9-11-13-15-17-19-21-23-25-26-27-29-31-33-35-37-39-41-43-45-52(73)51(69-56(74)46-44-42-40-38-36-34-32-30-28-24-22-20-18-16-14-12-10-8-6-4-2)50-82-66-62(80)59(77)64(54(48-71)84-66)87-68-63(81)60(78)65(55(49-72)85-68)86-67-61(79)58(76)57(75)53(47-70)83-67/h43,45,51-55,57-68,70-73,75-81H,3-42,44,46-50H2,1-2H3,(H,69,74)/b45-43+. The molecule has 0 radical (unpaired) electrons. The van der Waals surface area contributed by atoms with Crippen LogP contribution in [0.1, 0.15) is 284 Å². The van der Waals surface area contributed by atoms with Gasteiger partial charge in [0.1, 0.15) is 73.2 Å². The summed E-state index contributed by atoms with van der Waals surface area (Å²) < 4.78 is 34.4. The average molecular weight is 1250 g/mol. The van der Waals surface area contributed by atoms with Gasteiger partial charge in [-0.25, -0.2) is 0 Å². The molecule has 0 saturated carbocycles. The van der Waals surface area contributed by atoms with Crippen molar-refractivity contribution >= 4 is 5.91 Å². The second-order valence-electron chi connectivity index (χ2n) is 25.7. The second kappa shape index (κ2) is 51.0. The zero-order chi connectivity index (χ0) is 63.3. The van der Waals surface area contributed by atoms with Crippen LogP contribution in [0.5, 0.6) is 0 Å². The highest BCUT2D eigenvalue weighted by Crippen LogP contribution is 2.33. The summed E-state index contributed by atoms with van der Waals surface area (Å²) in [6, 6.07) is -0.968. The molecule has 17 unspecified atom stereocenters. The lowest BCUT2D eigenvalue weighted by Gasteiger charge is -2.48. The molecule has 0 spiro atoms. The van der Waals surface area contributed by atoms with Crippen molar-refractivity contribution in [2.45, 2.75) is 388 Å². The molecule has 19 heteroatoms. The summed E-state index contributed by atoms with van der Waals surface area (Å²) in [5.41, 5.74) is 0. The third-order valence-corrected chi connectivity index (χ3v) is 18.1. The van der Waals surface area contributed by atoms with E-state index in [4.69, 9.17) is 28.4 Å². The number of nitrogens with one attached hydrogen (secondary N) is 1. The highest BCUT2D eigenvalue weighted by atomic mass is 16.8. The van der Waals surface area contributed by atoms with Crippen LogP contribution in [0.2, 0.25) is 0 Å². The van der Waals surface area contributed by atoms with Crippen LogP contribution in [0, 0.1) is 0 Å². The molecule has 0 aromatic rings. The van der Waals surface area contributed by atoms with Crippen LogP contribution < -0.4 is 5.32 Å². The highest BCUT2D eigenvalue weighted by molar-refractivity contribution is 5.76. The zero-order valence-corrected chi connectivity index (χ0v) is 54.3. The molecule has 3 fully saturated rings. The lowest BCUT2D eigenvalue weighted by Crippen LogP contribution is -2.66. The first-order valence-corrected chi connectivity index (χ1v) is 35.4. The van der Waals surface area contributed by atoms with Gasteiger partial charge in [-0.05, 0) is 19.3 Å². The fourth-order valence-corrected chi connectivity index (χ4v) is 12.3. The molecule has 3 aliphatic rings. The highest BCUT2D eigenvalue weighted by Gasteiger charge is 2.53. The maximum Gasteiger partial charge on any atom is 0.220 e.